The highest BCUT2D eigenvalue weighted by molar-refractivity contribution is 6.30. The number of imidazole rings is 1. The number of carbonyl (C=O) groups excluding carboxylic acids is 1. The second-order valence-electron chi connectivity index (χ2n) is 4.12. The summed E-state index contributed by atoms with van der Waals surface area (Å²) in [5.41, 5.74) is 1.22. The number of halogens is 1. The van der Waals surface area contributed by atoms with Crippen LogP contribution in [0.5, 0.6) is 0 Å². The van der Waals surface area contributed by atoms with Gasteiger partial charge in [0.25, 0.3) is 0 Å². The molecule has 1 aromatic carbocycles. The van der Waals surface area contributed by atoms with Crippen LogP contribution in [0.3, 0.4) is 0 Å². The normalized spacial score (nSPS) is 10.8. The van der Waals surface area contributed by atoms with Crippen molar-refractivity contribution in [1.82, 2.24) is 9.55 Å². The van der Waals surface area contributed by atoms with E-state index < -0.39 is 0 Å². The Bertz CT molecular complexity index is 529. The number of ketones is 1. The fourth-order valence-electron chi connectivity index (χ4n) is 1.64. The molecule has 0 saturated carbocycles. The molecule has 3 nitrogen and oxygen atoms in total. The molecule has 0 aliphatic rings. The van der Waals surface area contributed by atoms with E-state index in [2.05, 4.69) is 4.98 Å². The topological polar surface area (TPSA) is 34.9 Å². The summed E-state index contributed by atoms with van der Waals surface area (Å²) in [6.07, 6.45) is 3.27. The summed E-state index contributed by atoms with van der Waals surface area (Å²) in [6, 6.07) is 7.09. The van der Waals surface area contributed by atoms with Crippen LogP contribution in [0, 0.1) is 0 Å². The van der Waals surface area contributed by atoms with Crippen LogP contribution in [0.25, 0.3) is 0 Å². The van der Waals surface area contributed by atoms with Gasteiger partial charge in [-0.05, 0) is 38.1 Å². The zero-order valence-electron chi connectivity index (χ0n) is 9.72. The molecule has 0 saturated heterocycles. The van der Waals surface area contributed by atoms with Crippen molar-refractivity contribution in [3.05, 3.63) is 53.1 Å². The number of benzene rings is 1. The molecule has 0 N–H and O–H groups in total. The predicted molar refractivity (Wildman–Crippen MR) is 67.5 cm³/mol. The Morgan fingerprint density at radius 1 is 1.29 bits per heavy atom. The fraction of sp³-hybridized carbons (Fsp3) is 0.231. The lowest BCUT2D eigenvalue weighted by Gasteiger charge is -2.10. The largest absolute Gasteiger partial charge is 0.325 e. The van der Waals surface area contributed by atoms with Crippen molar-refractivity contribution in [1.29, 1.82) is 0 Å². The van der Waals surface area contributed by atoms with Gasteiger partial charge in [0.1, 0.15) is 5.69 Å². The molecule has 17 heavy (non-hydrogen) atoms. The third-order valence-corrected chi connectivity index (χ3v) is 2.81. The minimum atomic E-state index is -0.0344. The number of nitrogens with zero attached hydrogens (tertiary/aromatic N) is 2. The van der Waals surface area contributed by atoms with Crippen LogP contribution in [0.1, 0.15) is 35.9 Å². The van der Waals surface area contributed by atoms with Crippen LogP contribution in [0.4, 0.5) is 0 Å². The molecular formula is C13H13ClN2O. The van der Waals surface area contributed by atoms with E-state index in [1.807, 2.05) is 18.4 Å². The average molecular weight is 249 g/mol. The van der Waals surface area contributed by atoms with Crippen LogP contribution in [0.15, 0.2) is 36.8 Å². The lowest BCUT2D eigenvalue weighted by Crippen LogP contribution is -2.11. The van der Waals surface area contributed by atoms with Crippen molar-refractivity contribution in [3.63, 3.8) is 0 Å². The molecule has 0 amide bonds. The van der Waals surface area contributed by atoms with Gasteiger partial charge in [-0.2, -0.15) is 0 Å². The Hall–Kier alpha value is -1.61. The predicted octanol–water partition coefficient (Wildman–Crippen LogP) is 3.35. The average Bonchev–Trinajstić information content (AvgIpc) is 2.78. The molecule has 1 heterocycles. The monoisotopic (exact) mass is 248 g/mol. The van der Waals surface area contributed by atoms with Gasteiger partial charge in [-0.25, -0.2) is 4.98 Å². The Labute approximate surface area is 105 Å². The second-order valence-corrected chi connectivity index (χ2v) is 4.55. The molecule has 88 valence electrons. The van der Waals surface area contributed by atoms with E-state index in [0.29, 0.717) is 16.3 Å². The number of carbonyl (C=O) groups is 1. The summed E-state index contributed by atoms with van der Waals surface area (Å²) < 4.78 is 1.86. The van der Waals surface area contributed by atoms with E-state index in [1.165, 1.54) is 0 Å². The lowest BCUT2D eigenvalue weighted by atomic mass is 10.1. The maximum Gasteiger partial charge on any atom is 0.211 e. The van der Waals surface area contributed by atoms with Crippen LogP contribution in [-0.4, -0.2) is 15.3 Å². The minimum absolute atomic E-state index is 0.0344. The molecule has 4 heteroatoms. The van der Waals surface area contributed by atoms with Crippen molar-refractivity contribution in [3.8, 4) is 0 Å². The third-order valence-electron chi connectivity index (χ3n) is 2.56. The number of hydrogen-bond donors (Lipinski definition) is 0. The molecule has 2 rings (SSSR count). The van der Waals surface area contributed by atoms with Crippen LogP contribution >= 0.6 is 11.6 Å². The molecule has 2 aromatic rings. The first-order valence-corrected chi connectivity index (χ1v) is 5.79. The smallest absolute Gasteiger partial charge is 0.211 e. The molecule has 0 radical (unpaired) electrons. The Morgan fingerprint density at radius 2 is 1.94 bits per heavy atom. The van der Waals surface area contributed by atoms with Crippen molar-refractivity contribution in [2.45, 2.75) is 19.9 Å². The summed E-state index contributed by atoms with van der Waals surface area (Å²) in [5, 5.41) is 0.624. The number of rotatable bonds is 3. The van der Waals surface area contributed by atoms with Crippen molar-refractivity contribution < 1.29 is 4.79 Å². The van der Waals surface area contributed by atoms with Gasteiger partial charge in [0.15, 0.2) is 0 Å². The van der Waals surface area contributed by atoms with Gasteiger partial charge in [-0.1, -0.05) is 11.6 Å². The van der Waals surface area contributed by atoms with Gasteiger partial charge < -0.3 is 4.57 Å². The van der Waals surface area contributed by atoms with Crippen molar-refractivity contribution in [2.24, 2.45) is 0 Å². The van der Waals surface area contributed by atoms with Crippen LogP contribution in [0.2, 0.25) is 5.02 Å². The molecule has 0 spiro atoms. The highest BCUT2D eigenvalue weighted by Gasteiger charge is 2.15. The second kappa shape index (κ2) is 4.72. The number of hydrogen-bond acceptors (Lipinski definition) is 2. The highest BCUT2D eigenvalue weighted by atomic mass is 35.5. The maximum absolute atomic E-state index is 12.2. The first kappa shape index (κ1) is 11.9. The van der Waals surface area contributed by atoms with Crippen LogP contribution in [-0.2, 0) is 0 Å². The number of aromatic nitrogens is 2. The minimum Gasteiger partial charge on any atom is -0.325 e. The van der Waals surface area contributed by atoms with E-state index in [4.69, 9.17) is 11.6 Å². The summed E-state index contributed by atoms with van der Waals surface area (Å²) in [6.45, 7) is 4.03. The zero-order chi connectivity index (χ0) is 12.4. The summed E-state index contributed by atoms with van der Waals surface area (Å²) in [5.74, 6) is -0.0344. The Morgan fingerprint density at radius 3 is 2.53 bits per heavy atom. The Balaban J connectivity index is 2.37. The van der Waals surface area contributed by atoms with Gasteiger partial charge in [0, 0.05) is 16.6 Å². The zero-order valence-corrected chi connectivity index (χ0v) is 10.5. The van der Waals surface area contributed by atoms with Gasteiger partial charge >= 0.3 is 0 Å². The van der Waals surface area contributed by atoms with E-state index in [-0.39, 0.29) is 11.8 Å². The Kier molecular flexibility index (Phi) is 3.29. The molecule has 0 bridgehead atoms. The maximum atomic E-state index is 12.2. The summed E-state index contributed by atoms with van der Waals surface area (Å²) >= 11 is 5.79. The van der Waals surface area contributed by atoms with Crippen molar-refractivity contribution in [2.75, 3.05) is 0 Å². The van der Waals surface area contributed by atoms with Crippen LogP contribution < -0.4 is 0 Å². The van der Waals surface area contributed by atoms with E-state index in [1.54, 1.807) is 36.8 Å². The standard InChI is InChI=1S/C13H13ClN2O/c1-9(2)16-8-15-7-12(16)13(17)10-3-5-11(14)6-4-10/h3-9H,1-2H3. The van der Waals surface area contributed by atoms with E-state index in [9.17, 15) is 4.79 Å². The molecular weight excluding hydrogens is 236 g/mol. The fourth-order valence-corrected chi connectivity index (χ4v) is 1.77. The van der Waals surface area contributed by atoms with Gasteiger partial charge in [0.05, 0.1) is 12.5 Å². The molecule has 0 unspecified atom stereocenters. The van der Waals surface area contributed by atoms with Crippen molar-refractivity contribution >= 4 is 17.4 Å². The van der Waals surface area contributed by atoms with E-state index >= 15 is 0 Å². The highest BCUT2D eigenvalue weighted by Crippen LogP contribution is 2.16. The van der Waals surface area contributed by atoms with Gasteiger partial charge in [0.2, 0.25) is 5.78 Å². The molecule has 1 aromatic heterocycles. The molecule has 0 aliphatic heterocycles. The molecule has 0 aliphatic carbocycles. The quantitative estimate of drug-likeness (QED) is 0.781. The molecule has 0 fully saturated rings. The third kappa shape index (κ3) is 2.39. The summed E-state index contributed by atoms with van der Waals surface area (Å²) in [4.78, 5) is 16.3. The van der Waals surface area contributed by atoms with E-state index in [0.717, 1.165) is 0 Å². The van der Waals surface area contributed by atoms with Gasteiger partial charge in [-0.3, -0.25) is 4.79 Å². The first-order valence-electron chi connectivity index (χ1n) is 5.41. The van der Waals surface area contributed by atoms with Gasteiger partial charge in [-0.15, -0.1) is 0 Å². The summed E-state index contributed by atoms with van der Waals surface area (Å²) in [7, 11) is 0. The first-order chi connectivity index (χ1) is 8.09. The lowest BCUT2D eigenvalue weighted by molar-refractivity contribution is 0.102. The SMILES string of the molecule is CC(C)n1cncc1C(=O)c1ccc(Cl)cc1. The molecule has 0 atom stereocenters.